The predicted octanol–water partition coefficient (Wildman–Crippen LogP) is 6.37. The first-order valence-corrected chi connectivity index (χ1v) is 10.5. The first-order chi connectivity index (χ1) is 13.2. The molecule has 0 bridgehead atoms. The summed E-state index contributed by atoms with van der Waals surface area (Å²) in [6, 6.07) is 11.5. The molecular weight excluding hydrogens is 344 g/mol. The number of rotatable bonds is 6. The molecule has 3 rings (SSSR count). The van der Waals surface area contributed by atoms with E-state index < -0.39 is 0 Å². The van der Waals surface area contributed by atoms with Gasteiger partial charge in [0.1, 0.15) is 0 Å². The van der Waals surface area contributed by atoms with Crippen molar-refractivity contribution in [3.63, 3.8) is 0 Å². The van der Waals surface area contributed by atoms with Crippen molar-refractivity contribution in [1.82, 2.24) is 0 Å². The minimum absolute atomic E-state index is 0.0203. The van der Waals surface area contributed by atoms with Gasteiger partial charge in [-0.1, -0.05) is 59.7 Å². The quantitative estimate of drug-likeness (QED) is 0.500. The Labute approximate surface area is 169 Å². The maximum atomic E-state index is 13.2. The number of benzene rings is 2. The van der Waals surface area contributed by atoms with Crippen LogP contribution in [0.15, 0.2) is 36.4 Å². The van der Waals surface area contributed by atoms with Gasteiger partial charge in [-0.2, -0.15) is 0 Å². The summed E-state index contributed by atoms with van der Waals surface area (Å²) in [5.41, 5.74) is 4.38. The molecule has 1 atom stereocenters. The van der Waals surface area contributed by atoms with Crippen LogP contribution in [0, 0.1) is 11.8 Å². The molecule has 0 amide bonds. The highest BCUT2D eigenvalue weighted by molar-refractivity contribution is 6.28. The standard InChI is InChI=1S/C26H32O2/c1-7-18-8-10-20-22(14-18)25(28)23-15-19(9-11-21(23)24(20)27)26(5,6)13-12-17(4)16(2)3/h8-11,14-17H,7,12-13H2,1-6H3. The summed E-state index contributed by atoms with van der Waals surface area (Å²) in [6.45, 7) is 13.4. The highest BCUT2D eigenvalue weighted by atomic mass is 16.1. The summed E-state index contributed by atoms with van der Waals surface area (Å²) in [7, 11) is 0. The Hall–Kier alpha value is -2.22. The Balaban J connectivity index is 1.96. The zero-order valence-corrected chi connectivity index (χ0v) is 18.1. The largest absolute Gasteiger partial charge is 0.289 e. The van der Waals surface area contributed by atoms with Gasteiger partial charge in [0.15, 0.2) is 11.6 Å². The second-order valence-corrected chi connectivity index (χ2v) is 9.30. The van der Waals surface area contributed by atoms with Crippen molar-refractivity contribution in [2.24, 2.45) is 11.8 Å². The van der Waals surface area contributed by atoms with Crippen LogP contribution in [0.4, 0.5) is 0 Å². The summed E-state index contributed by atoms with van der Waals surface area (Å²) in [5, 5.41) is 0. The lowest BCUT2D eigenvalue weighted by molar-refractivity contribution is 0.0979. The second-order valence-electron chi connectivity index (χ2n) is 9.30. The average molecular weight is 377 g/mol. The van der Waals surface area contributed by atoms with E-state index in [9.17, 15) is 9.59 Å². The lowest BCUT2D eigenvalue weighted by atomic mass is 9.75. The lowest BCUT2D eigenvalue weighted by Crippen LogP contribution is -2.24. The van der Waals surface area contributed by atoms with E-state index in [1.807, 2.05) is 36.4 Å². The monoisotopic (exact) mass is 376 g/mol. The summed E-state index contributed by atoms with van der Waals surface area (Å²) in [5.74, 6) is 1.28. The number of ketones is 2. The fourth-order valence-electron chi connectivity index (χ4n) is 3.90. The third-order valence-corrected chi connectivity index (χ3v) is 6.63. The van der Waals surface area contributed by atoms with Crippen molar-refractivity contribution in [3.8, 4) is 0 Å². The van der Waals surface area contributed by atoms with Gasteiger partial charge in [0.25, 0.3) is 0 Å². The molecule has 2 aromatic carbocycles. The van der Waals surface area contributed by atoms with Gasteiger partial charge in [0.2, 0.25) is 0 Å². The van der Waals surface area contributed by atoms with Crippen molar-refractivity contribution in [2.75, 3.05) is 0 Å². The Morgan fingerprint density at radius 2 is 1.39 bits per heavy atom. The van der Waals surface area contributed by atoms with Gasteiger partial charge in [-0.25, -0.2) is 0 Å². The van der Waals surface area contributed by atoms with Crippen LogP contribution in [0.25, 0.3) is 0 Å². The lowest BCUT2D eigenvalue weighted by Gasteiger charge is -2.29. The third-order valence-electron chi connectivity index (χ3n) is 6.63. The van der Waals surface area contributed by atoms with Crippen LogP contribution in [-0.4, -0.2) is 11.6 Å². The van der Waals surface area contributed by atoms with Crippen LogP contribution in [0.5, 0.6) is 0 Å². The fourth-order valence-corrected chi connectivity index (χ4v) is 3.90. The van der Waals surface area contributed by atoms with Crippen LogP contribution in [0.1, 0.15) is 97.4 Å². The average Bonchev–Trinajstić information content (AvgIpc) is 2.69. The van der Waals surface area contributed by atoms with E-state index in [0.29, 0.717) is 34.1 Å². The van der Waals surface area contributed by atoms with Crippen LogP contribution in [-0.2, 0) is 11.8 Å². The van der Waals surface area contributed by atoms with Gasteiger partial charge in [-0.05, 0) is 65.8 Å². The molecule has 0 saturated carbocycles. The highest BCUT2D eigenvalue weighted by Crippen LogP contribution is 2.35. The molecule has 1 aliphatic rings. The molecular formula is C26H32O2. The van der Waals surface area contributed by atoms with Crippen molar-refractivity contribution in [2.45, 2.75) is 66.2 Å². The molecule has 0 saturated heterocycles. The first-order valence-electron chi connectivity index (χ1n) is 10.5. The van der Waals surface area contributed by atoms with E-state index in [2.05, 4.69) is 41.5 Å². The summed E-state index contributed by atoms with van der Waals surface area (Å²) >= 11 is 0. The number of aryl methyl sites for hydroxylation is 1. The SMILES string of the molecule is CCc1ccc2c(c1)C(=O)c1cc(C(C)(C)CCC(C)C(C)C)ccc1C2=O. The van der Waals surface area contributed by atoms with Gasteiger partial charge in [0.05, 0.1) is 0 Å². The fraction of sp³-hybridized carbons (Fsp3) is 0.462. The Kier molecular flexibility index (Phi) is 5.61. The molecule has 0 spiro atoms. The van der Waals surface area contributed by atoms with Gasteiger partial charge < -0.3 is 0 Å². The Morgan fingerprint density at radius 3 is 2.00 bits per heavy atom. The minimum atomic E-state index is -0.0370. The molecule has 2 aromatic rings. The minimum Gasteiger partial charge on any atom is -0.289 e. The molecule has 0 heterocycles. The number of carbonyl (C=O) groups excluding carboxylic acids is 2. The predicted molar refractivity (Wildman–Crippen MR) is 115 cm³/mol. The third kappa shape index (κ3) is 3.70. The van der Waals surface area contributed by atoms with Gasteiger partial charge >= 0.3 is 0 Å². The van der Waals surface area contributed by atoms with E-state index in [0.717, 1.165) is 30.4 Å². The van der Waals surface area contributed by atoms with Crippen molar-refractivity contribution < 1.29 is 9.59 Å². The number of fused-ring (bicyclic) bond motifs is 2. The summed E-state index contributed by atoms with van der Waals surface area (Å²) < 4.78 is 0. The van der Waals surface area contributed by atoms with Crippen LogP contribution in [0.3, 0.4) is 0 Å². The smallest absolute Gasteiger partial charge is 0.194 e. The molecule has 2 heteroatoms. The van der Waals surface area contributed by atoms with Crippen molar-refractivity contribution >= 4 is 11.6 Å². The molecule has 2 nitrogen and oxygen atoms in total. The highest BCUT2D eigenvalue weighted by Gasteiger charge is 2.32. The van der Waals surface area contributed by atoms with E-state index in [-0.39, 0.29) is 17.0 Å². The maximum Gasteiger partial charge on any atom is 0.194 e. The van der Waals surface area contributed by atoms with E-state index in [1.165, 1.54) is 0 Å². The summed E-state index contributed by atoms with van der Waals surface area (Å²) in [4.78, 5) is 26.2. The maximum absolute atomic E-state index is 13.2. The topological polar surface area (TPSA) is 34.1 Å². The molecule has 28 heavy (non-hydrogen) atoms. The van der Waals surface area contributed by atoms with Crippen LogP contribution in [0.2, 0.25) is 0 Å². The van der Waals surface area contributed by atoms with Crippen molar-refractivity contribution in [1.29, 1.82) is 0 Å². The molecule has 1 aliphatic carbocycles. The van der Waals surface area contributed by atoms with E-state index >= 15 is 0 Å². The molecule has 0 fully saturated rings. The number of hydrogen-bond acceptors (Lipinski definition) is 2. The van der Waals surface area contributed by atoms with Crippen LogP contribution < -0.4 is 0 Å². The molecule has 0 aliphatic heterocycles. The normalized spacial score (nSPS) is 14.8. The van der Waals surface area contributed by atoms with Crippen molar-refractivity contribution in [3.05, 3.63) is 69.8 Å². The van der Waals surface area contributed by atoms with Gasteiger partial charge in [0, 0.05) is 22.3 Å². The van der Waals surface area contributed by atoms with E-state index in [4.69, 9.17) is 0 Å². The van der Waals surface area contributed by atoms with Crippen LogP contribution >= 0.6 is 0 Å². The van der Waals surface area contributed by atoms with Gasteiger partial charge in [-0.15, -0.1) is 0 Å². The number of carbonyl (C=O) groups is 2. The molecule has 148 valence electrons. The molecule has 1 unspecified atom stereocenters. The summed E-state index contributed by atoms with van der Waals surface area (Å²) in [6.07, 6.45) is 3.06. The second kappa shape index (κ2) is 7.66. The molecule has 0 N–H and O–H groups in total. The Morgan fingerprint density at radius 1 is 0.821 bits per heavy atom. The molecule has 0 aromatic heterocycles. The zero-order valence-electron chi connectivity index (χ0n) is 18.1. The van der Waals surface area contributed by atoms with Gasteiger partial charge in [-0.3, -0.25) is 9.59 Å². The Bertz CT molecular complexity index is 918. The molecule has 0 radical (unpaired) electrons. The van der Waals surface area contributed by atoms with E-state index in [1.54, 1.807) is 0 Å². The zero-order chi connectivity index (χ0) is 20.6. The first kappa shape index (κ1) is 20.5. The number of hydrogen-bond donors (Lipinski definition) is 0.